The number of nitrogens with one attached hydrogen (secondary N) is 2. The fourth-order valence-electron chi connectivity index (χ4n) is 1.28. The van der Waals surface area contributed by atoms with Crippen molar-refractivity contribution in [3.63, 3.8) is 0 Å². The van der Waals surface area contributed by atoms with Gasteiger partial charge in [0.15, 0.2) is 0 Å². The summed E-state index contributed by atoms with van der Waals surface area (Å²) in [6, 6.07) is 0. The molecule has 5 heteroatoms. The third-order valence-corrected chi connectivity index (χ3v) is 2.17. The van der Waals surface area contributed by atoms with E-state index in [2.05, 4.69) is 27.5 Å². The van der Waals surface area contributed by atoms with E-state index in [1.54, 1.807) is 6.92 Å². The smallest absolute Gasteiger partial charge is 0.254 e. The summed E-state index contributed by atoms with van der Waals surface area (Å²) >= 11 is 0. The molecule has 0 aliphatic rings. The average molecular weight is 222 g/mol. The fraction of sp³-hybridized carbons (Fsp3) is 0.545. The number of nitrogens with zero attached hydrogens (tertiary/aromatic N) is 2. The van der Waals surface area contributed by atoms with Gasteiger partial charge in [0.05, 0.1) is 11.3 Å². The van der Waals surface area contributed by atoms with Crippen molar-refractivity contribution in [2.45, 2.75) is 20.3 Å². The van der Waals surface area contributed by atoms with Crippen molar-refractivity contribution in [3.05, 3.63) is 23.8 Å². The summed E-state index contributed by atoms with van der Waals surface area (Å²) in [7, 11) is 0. The highest BCUT2D eigenvalue weighted by Gasteiger charge is 2.08. The summed E-state index contributed by atoms with van der Waals surface area (Å²) < 4.78 is 0. The number of hydrogen-bond acceptors (Lipinski definition) is 4. The highest BCUT2D eigenvalue weighted by Crippen LogP contribution is 2.00. The molecule has 88 valence electrons. The van der Waals surface area contributed by atoms with Gasteiger partial charge in [0.25, 0.3) is 5.91 Å². The molecule has 1 rings (SSSR count). The summed E-state index contributed by atoms with van der Waals surface area (Å²) in [6.07, 6.45) is 4.08. The number of rotatable bonds is 6. The SMILES string of the molecule is CCCNCCNC(=O)c1cncnc1C. The average Bonchev–Trinajstić information content (AvgIpc) is 2.29. The molecular weight excluding hydrogens is 204 g/mol. The maximum atomic E-state index is 11.7. The van der Waals surface area contributed by atoms with Gasteiger partial charge in [-0.25, -0.2) is 9.97 Å². The number of carbonyl (C=O) groups excluding carboxylic acids is 1. The Morgan fingerprint density at radius 3 is 2.88 bits per heavy atom. The summed E-state index contributed by atoms with van der Waals surface area (Å²) in [5, 5.41) is 6.03. The van der Waals surface area contributed by atoms with Crippen LogP contribution >= 0.6 is 0 Å². The van der Waals surface area contributed by atoms with Gasteiger partial charge in [0.1, 0.15) is 6.33 Å². The number of hydrogen-bond donors (Lipinski definition) is 2. The van der Waals surface area contributed by atoms with Crippen molar-refractivity contribution in [2.24, 2.45) is 0 Å². The Morgan fingerprint density at radius 2 is 2.19 bits per heavy atom. The van der Waals surface area contributed by atoms with Crippen LogP contribution in [0.1, 0.15) is 29.4 Å². The van der Waals surface area contributed by atoms with E-state index in [4.69, 9.17) is 0 Å². The molecule has 0 aromatic carbocycles. The Balaban J connectivity index is 2.33. The Bertz CT molecular complexity index is 341. The van der Waals surface area contributed by atoms with E-state index in [0.717, 1.165) is 19.5 Å². The second-order valence-electron chi connectivity index (χ2n) is 3.53. The van der Waals surface area contributed by atoms with Gasteiger partial charge in [-0.2, -0.15) is 0 Å². The van der Waals surface area contributed by atoms with Gasteiger partial charge in [-0.05, 0) is 19.9 Å². The Labute approximate surface area is 95.7 Å². The van der Waals surface area contributed by atoms with Gasteiger partial charge in [-0.1, -0.05) is 6.92 Å². The topological polar surface area (TPSA) is 66.9 Å². The molecule has 0 unspecified atom stereocenters. The minimum absolute atomic E-state index is 0.114. The van der Waals surface area contributed by atoms with Crippen LogP contribution in [0.5, 0.6) is 0 Å². The van der Waals surface area contributed by atoms with Crippen LogP contribution in [0.25, 0.3) is 0 Å². The minimum atomic E-state index is -0.114. The van der Waals surface area contributed by atoms with Crippen molar-refractivity contribution in [1.29, 1.82) is 0 Å². The van der Waals surface area contributed by atoms with Crippen LogP contribution in [0, 0.1) is 6.92 Å². The number of aromatic nitrogens is 2. The molecule has 0 aliphatic carbocycles. The van der Waals surface area contributed by atoms with Crippen LogP contribution in [-0.2, 0) is 0 Å². The molecular formula is C11H18N4O. The lowest BCUT2D eigenvalue weighted by molar-refractivity contribution is 0.0952. The Hall–Kier alpha value is -1.49. The maximum Gasteiger partial charge on any atom is 0.254 e. The first-order valence-corrected chi connectivity index (χ1v) is 5.51. The number of amides is 1. The lowest BCUT2D eigenvalue weighted by Crippen LogP contribution is -2.32. The standard InChI is InChI=1S/C11H18N4O/c1-3-4-12-5-6-14-11(16)10-7-13-8-15-9(10)2/h7-8,12H,3-6H2,1-2H3,(H,14,16). The van der Waals surface area contributed by atoms with Crippen LogP contribution in [0.3, 0.4) is 0 Å². The van der Waals surface area contributed by atoms with Gasteiger partial charge >= 0.3 is 0 Å². The van der Waals surface area contributed by atoms with Crippen molar-refractivity contribution in [1.82, 2.24) is 20.6 Å². The Kier molecular flexibility index (Phi) is 5.42. The second kappa shape index (κ2) is 6.90. The highest BCUT2D eigenvalue weighted by atomic mass is 16.1. The Morgan fingerprint density at radius 1 is 1.38 bits per heavy atom. The van der Waals surface area contributed by atoms with E-state index in [1.165, 1.54) is 12.5 Å². The first-order chi connectivity index (χ1) is 7.75. The zero-order chi connectivity index (χ0) is 11.8. The maximum absolute atomic E-state index is 11.7. The van der Waals surface area contributed by atoms with Gasteiger partial charge in [-0.15, -0.1) is 0 Å². The lowest BCUT2D eigenvalue weighted by Gasteiger charge is -2.06. The van der Waals surface area contributed by atoms with Crippen LogP contribution in [0.15, 0.2) is 12.5 Å². The minimum Gasteiger partial charge on any atom is -0.351 e. The van der Waals surface area contributed by atoms with E-state index >= 15 is 0 Å². The monoisotopic (exact) mass is 222 g/mol. The molecule has 0 aliphatic heterocycles. The first kappa shape index (κ1) is 12.6. The number of carbonyl (C=O) groups is 1. The molecule has 5 nitrogen and oxygen atoms in total. The van der Waals surface area contributed by atoms with Crippen molar-refractivity contribution < 1.29 is 4.79 Å². The molecule has 0 atom stereocenters. The molecule has 0 saturated carbocycles. The number of aryl methyl sites for hydroxylation is 1. The zero-order valence-electron chi connectivity index (χ0n) is 9.79. The predicted octanol–water partition coefficient (Wildman–Crippen LogP) is 0.514. The fourth-order valence-corrected chi connectivity index (χ4v) is 1.28. The van der Waals surface area contributed by atoms with Crippen molar-refractivity contribution >= 4 is 5.91 Å². The largest absolute Gasteiger partial charge is 0.351 e. The molecule has 0 radical (unpaired) electrons. The van der Waals surface area contributed by atoms with E-state index in [0.29, 0.717) is 17.8 Å². The molecule has 16 heavy (non-hydrogen) atoms. The normalized spacial score (nSPS) is 10.1. The zero-order valence-corrected chi connectivity index (χ0v) is 9.79. The summed E-state index contributed by atoms with van der Waals surface area (Å²) in [4.78, 5) is 19.5. The predicted molar refractivity (Wildman–Crippen MR) is 62.3 cm³/mol. The first-order valence-electron chi connectivity index (χ1n) is 5.51. The van der Waals surface area contributed by atoms with Gasteiger partial charge in [-0.3, -0.25) is 4.79 Å². The molecule has 1 aromatic rings. The third-order valence-electron chi connectivity index (χ3n) is 2.17. The summed E-state index contributed by atoms with van der Waals surface area (Å²) in [5.74, 6) is -0.114. The van der Waals surface area contributed by atoms with Gasteiger partial charge in [0.2, 0.25) is 0 Å². The highest BCUT2D eigenvalue weighted by molar-refractivity contribution is 5.94. The molecule has 2 N–H and O–H groups in total. The molecule has 1 aromatic heterocycles. The van der Waals surface area contributed by atoms with E-state index in [1.807, 2.05) is 0 Å². The van der Waals surface area contributed by atoms with Gasteiger partial charge in [0, 0.05) is 19.3 Å². The molecule has 0 spiro atoms. The van der Waals surface area contributed by atoms with Crippen LogP contribution in [-0.4, -0.2) is 35.5 Å². The summed E-state index contributed by atoms with van der Waals surface area (Å²) in [5.41, 5.74) is 1.24. The van der Waals surface area contributed by atoms with E-state index < -0.39 is 0 Å². The quantitative estimate of drug-likeness (QED) is 0.688. The molecule has 1 amide bonds. The van der Waals surface area contributed by atoms with E-state index in [-0.39, 0.29) is 5.91 Å². The molecule has 0 saturated heterocycles. The summed E-state index contributed by atoms with van der Waals surface area (Å²) in [6.45, 7) is 6.28. The van der Waals surface area contributed by atoms with Crippen molar-refractivity contribution in [3.8, 4) is 0 Å². The van der Waals surface area contributed by atoms with Crippen LogP contribution in [0.2, 0.25) is 0 Å². The van der Waals surface area contributed by atoms with Gasteiger partial charge < -0.3 is 10.6 Å². The molecule has 1 heterocycles. The second-order valence-corrected chi connectivity index (χ2v) is 3.53. The molecule has 0 bridgehead atoms. The van der Waals surface area contributed by atoms with Crippen molar-refractivity contribution in [2.75, 3.05) is 19.6 Å². The third kappa shape index (κ3) is 3.94. The van der Waals surface area contributed by atoms with E-state index in [9.17, 15) is 4.79 Å². The van der Waals surface area contributed by atoms with Crippen LogP contribution in [0.4, 0.5) is 0 Å². The van der Waals surface area contributed by atoms with Crippen LogP contribution < -0.4 is 10.6 Å². The molecule has 0 fully saturated rings. The lowest BCUT2D eigenvalue weighted by atomic mass is 10.2.